The Kier molecular flexibility index (Phi) is 3.90. The Labute approximate surface area is 80.4 Å². The maximum absolute atomic E-state index is 4.41. The van der Waals surface area contributed by atoms with Crippen molar-refractivity contribution in [2.45, 2.75) is 33.7 Å². The molecule has 0 bridgehead atoms. The van der Waals surface area contributed by atoms with Crippen molar-refractivity contribution in [2.24, 2.45) is 0 Å². The van der Waals surface area contributed by atoms with Gasteiger partial charge in [0.05, 0.1) is 0 Å². The molecule has 1 aromatic rings. The average Bonchev–Trinajstić information content (AvgIpc) is 2.15. The summed E-state index contributed by atoms with van der Waals surface area (Å²) < 4.78 is 0. The van der Waals surface area contributed by atoms with Crippen LogP contribution in [0.2, 0.25) is 0 Å². The quantitative estimate of drug-likeness (QED) is 0.763. The van der Waals surface area contributed by atoms with Gasteiger partial charge in [-0.15, -0.1) is 0 Å². The molecule has 0 unspecified atom stereocenters. The van der Waals surface area contributed by atoms with E-state index in [1.54, 1.807) is 0 Å². The minimum Gasteiger partial charge on any atom is -0.313 e. The van der Waals surface area contributed by atoms with E-state index >= 15 is 0 Å². The van der Waals surface area contributed by atoms with Crippen LogP contribution >= 0.6 is 0 Å². The second-order valence-corrected chi connectivity index (χ2v) is 3.24. The second-order valence-electron chi connectivity index (χ2n) is 3.24. The van der Waals surface area contributed by atoms with Crippen LogP contribution in [0.3, 0.4) is 0 Å². The van der Waals surface area contributed by atoms with Gasteiger partial charge in [0.15, 0.2) is 0 Å². The Hall–Kier alpha value is -0.890. The Morgan fingerprint density at radius 1 is 1.38 bits per heavy atom. The first-order chi connectivity index (χ1) is 6.27. The lowest BCUT2D eigenvalue weighted by Gasteiger charge is -2.05. The lowest BCUT2D eigenvalue weighted by Crippen LogP contribution is -2.12. The maximum Gasteiger partial charge on any atom is 0.0430 e. The molecule has 0 saturated heterocycles. The molecule has 0 fully saturated rings. The highest BCUT2D eigenvalue weighted by Gasteiger charge is 1.98. The van der Waals surface area contributed by atoms with Crippen LogP contribution in [0.25, 0.3) is 0 Å². The summed E-state index contributed by atoms with van der Waals surface area (Å²) in [6.07, 6.45) is 2.99. The Morgan fingerprint density at radius 3 is 2.69 bits per heavy atom. The van der Waals surface area contributed by atoms with Crippen molar-refractivity contribution in [1.82, 2.24) is 10.3 Å². The number of pyridine rings is 1. The number of hydrogen-bond acceptors (Lipinski definition) is 2. The van der Waals surface area contributed by atoms with Crippen LogP contribution in [-0.4, -0.2) is 11.5 Å². The summed E-state index contributed by atoms with van der Waals surface area (Å²) >= 11 is 0. The monoisotopic (exact) mass is 178 g/mol. The summed E-state index contributed by atoms with van der Waals surface area (Å²) in [6.45, 7) is 8.31. The summed E-state index contributed by atoms with van der Waals surface area (Å²) in [7, 11) is 0. The van der Waals surface area contributed by atoms with Gasteiger partial charge in [0, 0.05) is 18.4 Å². The first-order valence-corrected chi connectivity index (χ1v) is 4.93. The van der Waals surface area contributed by atoms with Gasteiger partial charge in [-0.1, -0.05) is 19.9 Å². The van der Waals surface area contributed by atoms with Gasteiger partial charge < -0.3 is 5.32 Å². The molecule has 1 heterocycles. The molecule has 0 aliphatic heterocycles. The minimum absolute atomic E-state index is 0.925. The van der Waals surface area contributed by atoms with E-state index < -0.39 is 0 Å². The molecule has 1 N–H and O–H groups in total. The third-order valence-corrected chi connectivity index (χ3v) is 2.16. The van der Waals surface area contributed by atoms with E-state index in [9.17, 15) is 0 Å². The Morgan fingerprint density at radius 2 is 2.15 bits per heavy atom. The summed E-state index contributed by atoms with van der Waals surface area (Å²) in [4.78, 5) is 4.41. The molecular formula is C11H18N2. The molecule has 0 spiro atoms. The molecule has 0 aromatic carbocycles. The first-order valence-electron chi connectivity index (χ1n) is 4.93. The van der Waals surface area contributed by atoms with E-state index in [1.807, 2.05) is 6.20 Å². The highest BCUT2D eigenvalue weighted by atomic mass is 14.8. The van der Waals surface area contributed by atoms with Crippen molar-refractivity contribution in [3.05, 3.63) is 29.1 Å². The zero-order chi connectivity index (χ0) is 9.68. The van der Waals surface area contributed by atoms with E-state index in [1.165, 1.54) is 16.8 Å². The highest BCUT2D eigenvalue weighted by Crippen LogP contribution is 2.07. The number of rotatable bonds is 4. The Bertz CT molecular complexity index is 269. The Balaban J connectivity index is 2.71. The van der Waals surface area contributed by atoms with Gasteiger partial charge in [-0.05, 0) is 31.0 Å². The summed E-state index contributed by atoms with van der Waals surface area (Å²) in [5.41, 5.74) is 3.79. The average molecular weight is 178 g/mol. The number of hydrogen-bond donors (Lipinski definition) is 1. The largest absolute Gasteiger partial charge is 0.313 e. The number of aromatic nitrogens is 1. The molecule has 0 aliphatic rings. The van der Waals surface area contributed by atoms with Gasteiger partial charge in [-0.3, -0.25) is 4.98 Å². The van der Waals surface area contributed by atoms with Gasteiger partial charge >= 0.3 is 0 Å². The van der Waals surface area contributed by atoms with Crippen LogP contribution < -0.4 is 5.32 Å². The van der Waals surface area contributed by atoms with Gasteiger partial charge in [0.2, 0.25) is 0 Å². The van der Waals surface area contributed by atoms with Crippen molar-refractivity contribution in [3.8, 4) is 0 Å². The predicted molar refractivity (Wildman–Crippen MR) is 55.7 cm³/mol. The lowest BCUT2D eigenvalue weighted by molar-refractivity contribution is 0.722. The van der Waals surface area contributed by atoms with Crippen molar-refractivity contribution in [3.63, 3.8) is 0 Å². The van der Waals surface area contributed by atoms with E-state index in [4.69, 9.17) is 0 Å². The predicted octanol–water partition coefficient (Wildman–Crippen LogP) is 2.06. The van der Waals surface area contributed by atoms with E-state index in [2.05, 4.69) is 37.1 Å². The number of aryl methyl sites for hydroxylation is 2. The van der Waals surface area contributed by atoms with Gasteiger partial charge in [-0.25, -0.2) is 0 Å². The summed E-state index contributed by atoms with van der Waals surface area (Å²) in [5, 5.41) is 3.29. The fourth-order valence-corrected chi connectivity index (χ4v) is 1.40. The van der Waals surface area contributed by atoms with Crippen LogP contribution in [0.4, 0.5) is 0 Å². The van der Waals surface area contributed by atoms with E-state index in [0.29, 0.717) is 0 Å². The highest BCUT2D eigenvalue weighted by molar-refractivity contribution is 5.23. The van der Waals surface area contributed by atoms with Crippen LogP contribution in [0.5, 0.6) is 0 Å². The molecule has 0 radical (unpaired) electrons. The minimum atomic E-state index is 0.925. The summed E-state index contributed by atoms with van der Waals surface area (Å²) in [5.74, 6) is 0. The molecule has 0 atom stereocenters. The van der Waals surface area contributed by atoms with Crippen LogP contribution in [0.15, 0.2) is 12.3 Å². The molecular weight excluding hydrogens is 160 g/mol. The van der Waals surface area contributed by atoms with Crippen molar-refractivity contribution >= 4 is 0 Å². The van der Waals surface area contributed by atoms with E-state index in [-0.39, 0.29) is 0 Å². The maximum atomic E-state index is 4.41. The molecule has 1 aromatic heterocycles. The SMILES string of the molecule is CCNCc1cnc(CC)c(C)c1. The summed E-state index contributed by atoms with van der Waals surface area (Å²) in [6, 6.07) is 2.22. The van der Waals surface area contributed by atoms with Gasteiger partial charge in [0.25, 0.3) is 0 Å². The molecule has 13 heavy (non-hydrogen) atoms. The normalized spacial score (nSPS) is 10.4. The number of nitrogens with zero attached hydrogens (tertiary/aromatic N) is 1. The molecule has 0 saturated carbocycles. The lowest BCUT2D eigenvalue weighted by atomic mass is 10.1. The molecule has 0 aliphatic carbocycles. The molecule has 1 rings (SSSR count). The third-order valence-electron chi connectivity index (χ3n) is 2.16. The van der Waals surface area contributed by atoms with Crippen LogP contribution in [-0.2, 0) is 13.0 Å². The topological polar surface area (TPSA) is 24.9 Å². The van der Waals surface area contributed by atoms with Crippen molar-refractivity contribution in [1.29, 1.82) is 0 Å². The molecule has 72 valence electrons. The van der Waals surface area contributed by atoms with Crippen molar-refractivity contribution < 1.29 is 0 Å². The molecule has 0 amide bonds. The van der Waals surface area contributed by atoms with Gasteiger partial charge in [-0.2, -0.15) is 0 Å². The fourth-order valence-electron chi connectivity index (χ4n) is 1.40. The fraction of sp³-hybridized carbons (Fsp3) is 0.545. The first kappa shape index (κ1) is 10.2. The number of nitrogens with one attached hydrogen (secondary N) is 1. The van der Waals surface area contributed by atoms with Crippen LogP contribution in [0, 0.1) is 6.92 Å². The van der Waals surface area contributed by atoms with Crippen molar-refractivity contribution in [2.75, 3.05) is 6.54 Å². The molecule has 2 heteroatoms. The smallest absolute Gasteiger partial charge is 0.0430 e. The zero-order valence-corrected chi connectivity index (χ0v) is 8.72. The van der Waals surface area contributed by atoms with E-state index in [0.717, 1.165) is 19.5 Å². The standard InChI is InChI=1S/C11H18N2/c1-4-11-9(3)6-10(8-13-11)7-12-5-2/h6,8,12H,4-5,7H2,1-3H3. The van der Waals surface area contributed by atoms with Crippen LogP contribution in [0.1, 0.15) is 30.7 Å². The zero-order valence-electron chi connectivity index (χ0n) is 8.72. The third kappa shape index (κ3) is 2.81. The molecule has 2 nitrogen and oxygen atoms in total. The van der Waals surface area contributed by atoms with Gasteiger partial charge in [0.1, 0.15) is 0 Å². The second kappa shape index (κ2) is 4.97.